The van der Waals surface area contributed by atoms with Crippen molar-refractivity contribution in [3.05, 3.63) is 0 Å². The zero-order chi connectivity index (χ0) is 12.9. The highest BCUT2D eigenvalue weighted by Crippen LogP contribution is 2.27. The van der Waals surface area contributed by atoms with E-state index in [9.17, 15) is 4.79 Å². The van der Waals surface area contributed by atoms with Gasteiger partial charge in [-0.05, 0) is 40.2 Å². The minimum absolute atomic E-state index is 0.227. The molecule has 0 spiro atoms. The van der Waals surface area contributed by atoms with E-state index in [1.165, 1.54) is 0 Å². The van der Waals surface area contributed by atoms with Crippen LogP contribution in [0.25, 0.3) is 0 Å². The molecule has 4 nitrogen and oxygen atoms in total. The summed E-state index contributed by atoms with van der Waals surface area (Å²) in [4.78, 5) is 14.1. The normalized spacial score (nSPS) is 25.0. The van der Waals surface area contributed by atoms with Crippen LogP contribution in [0.5, 0.6) is 0 Å². The molecule has 0 radical (unpaired) electrons. The summed E-state index contributed by atoms with van der Waals surface area (Å²) in [5.74, 6) is 0.233. The number of rotatable bonds is 5. The molecule has 0 aliphatic carbocycles. The van der Waals surface area contributed by atoms with Gasteiger partial charge in [0.2, 0.25) is 5.91 Å². The van der Waals surface area contributed by atoms with Crippen molar-refractivity contribution in [1.29, 1.82) is 0 Å². The lowest BCUT2D eigenvalue weighted by Gasteiger charge is -2.36. The number of ether oxygens (including phenoxy) is 1. The number of amides is 1. The van der Waals surface area contributed by atoms with Gasteiger partial charge >= 0.3 is 0 Å². The Morgan fingerprint density at radius 2 is 2.24 bits per heavy atom. The molecule has 1 saturated heterocycles. The maximum Gasteiger partial charge on any atom is 0.229 e. The number of piperidine rings is 1. The topological polar surface area (TPSA) is 41.6 Å². The molecule has 1 aliphatic heterocycles. The highest BCUT2D eigenvalue weighted by atomic mass is 16.5. The van der Waals surface area contributed by atoms with Crippen LogP contribution in [0.15, 0.2) is 0 Å². The van der Waals surface area contributed by atoms with E-state index in [0.717, 1.165) is 25.9 Å². The van der Waals surface area contributed by atoms with Gasteiger partial charge in [0.25, 0.3) is 0 Å². The molecule has 1 amide bonds. The van der Waals surface area contributed by atoms with Gasteiger partial charge in [-0.3, -0.25) is 4.79 Å². The second kappa shape index (κ2) is 6.36. The van der Waals surface area contributed by atoms with E-state index in [0.29, 0.717) is 13.2 Å². The first-order valence-corrected chi connectivity index (χ1v) is 6.53. The first-order valence-electron chi connectivity index (χ1n) is 6.53. The van der Waals surface area contributed by atoms with Crippen molar-refractivity contribution in [3.63, 3.8) is 0 Å². The Hall–Kier alpha value is -0.610. The number of hydrogen-bond donors (Lipinski definition) is 1. The number of nitrogens with one attached hydrogen (secondary N) is 1. The van der Waals surface area contributed by atoms with E-state index < -0.39 is 0 Å². The van der Waals surface area contributed by atoms with Crippen molar-refractivity contribution in [2.24, 2.45) is 5.41 Å². The molecule has 0 bridgehead atoms. The Labute approximate surface area is 105 Å². The summed E-state index contributed by atoms with van der Waals surface area (Å²) in [5, 5.41) is 3.31. The van der Waals surface area contributed by atoms with Gasteiger partial charge in [0.05, 0.1) is 18.1 Å². The summed E-state index contributed by atoms with van der Waals surface area (Å²) >= 11 is 0. The van der Waals surface area contributed by atoms with Gasteiger partial charge in [-0.25, -0.2) is 0 Å². The van der Waals surface area contributed by atoms with Gasteiger partial charge in [0, 0.05) is 20.1 Å². The van der Waals surface area contributed by atoms with Crippen LogP contribution in [0.1, 0.15) is 33.6 Å². The van der Waals surface area contributed by atoms with Crippen LogP contribution >= 0.6 is 0 Å². The van der Waals surface area contributed by atoms with Crippen LogP contribution in [-0.2, 0) is 9.53 Å². The number of nitrogens with zero attached hydrogens (tertiary/aromatic N) is 1. The van der Waals surface area contributed by atoms with Gasteiger partial charge in [-0.1, -0.05) is 0 Å². The van der Waals surface area contributed by atoms with E-state index in [-0.39, 0.29) is 17.4 Å². The Kier molecular flexibility index (Phi) is 5.40. The molecule has 17 heavy (non-hydrogen) atoms. The van der Waals surface area contributed by atoms with Crippen LogP contribution in [-0.4, -0.2) is 50.2 Å². The third kappa shape index (κ3) is 4.28. The molecule has 1 N–H and O–H groups in total. The first-order chi connectivity index (χ1) is 7.96. The van der Waals surface area contributed by atoms with E-state index >= 15 is 0 Å². The molecule has 100 valence electrons. The summed E-state index contributed by atoms with van der Waals surface area (Å²) in [5.41, 5.74) is -0.231. The monoisotopic (exact) mass is 242 g/mol. The van der Waals surface area contributed by atoms with Crippen LogP contribution in [0.2, 0.25) is 0 Å². The summed E-state index contributed by atoms with van der Waals surface area (Å²) < 4.78 is 5.47. The molecule has 0 aromatic carbocycles. The van der Waals surface area contributed by atoms with Gasteiger partial charge in [0.15, 0.2) is 0 Å². The van der Waals surface area contributed by atoms with E-state index in [4.69, 9.17) is 4.74 Å². The average molecular weight is 242 g/mol. The Morgan fingerprint density at radius 3 is 2.76 bits per heavy atom. The Bertz CT molecular complexity index is 248. The van der Waals surface area contributed by atoms with E-state index in [2.05, 4.69) is 12.2 Å². The fourth-order valence-electron chi connectivity index (χ4n) is 2.23. The van der Waals surface area contributed by atoms with Crippen molar-refractivity contribution in [3.8, 4) is 0 Å². The first kappa shape index (κ1) is 14.5. The standard InChI is InChI=1S/C13H26N2O2/c1-11(2)17-9-8-15(4)12(16)13(3)6-5-7-14-10-13/h11,14H,5-10H2,1-4H3. The lowest BCUT2D eigenvalue weighted by molar-refractivity contribution is -0.141. The van der Waals surface area contributed by atoms with Crippen LogP contribution in [0, 0.1) is 5.41 Å². The second-order valence-corrected chi connectivity index (χ2v) is 5.49. The predicted molar refractivity (Wildman–Crippen MR) is 68.9 cm³/mol. The quantitative estimate of drug-likeness (QED) is 0.789. The highest BCUT2D eigenvalue weighted by Gasteiger charge is 2.36. The SMILES string of the molecule is CC(C)OCCN(C)C(=O)C1(C)CCCNC1. The Balaban J connectivity index is 2.39. The third-order valence-corrected chi connectivity index (χ3v) is 3.34. The van der Waals surface area contributed by atoms with Gasteiger partial charge in [-0.15, -0.1) is 0 Å². The van der Waals surface area contributed by atoms with Gasteiger partial charge in [-0.2, -0.15) is 0 Å². The Morgan fingerprint density at radius 1 is 1.53 bits per heavy atom. The highest BCUT2D eigenvalue weighted by molar-refractivity contribution is 5.82. The maximum atomic E-state index is 12.3. The summed E-state index contributed by atoms with van der Waals surface area (Å²) in [6.45, 7) is 9.18. The summed E-state index contributed by atoms with van der Waals surface area (Å²) in [6, 6.07) is 0. The molecule has 0 aromatic rings. The molecule has 4 heteroatoms. The molecule has 1 unspecified atom stereocenters. The van der Waals surface area contributed by atoms with Crippen LogP contribution in [0.3, 0.4) is 0 Å². The molecule has 1 fully saturated rings. The third-order valence-electron chi connectivity index (χ3n) is 3.34. The molecule has 1 atom stereocenters. The van der Waals surface area contributed by atoms with Crippen LogP contribution in [0.4, 0.5) is 0 Å². The number of carbonyl (C=O) groups is 1. The molecule has 1 aliphatic rings. The summed E-state index contributed by atoms with van der Waals surface area (Å²) in [7, 11) is 1.87. The molecular weight excluding hydrogens is 216 g/mol. The van der Waals surface area contributed by atoms with Crippen molar-refractivity contribution in [2.75, 3.05) is 33.3 Å². The van der Waals surface area contributed by atoms with Crippen molar-refractivity contribution >= 4 is 5.91 Å². The minimum atomic E-state index is -0.231. The zero-order valence-corrected chi connectivity index (χ0v) is 11.6. The minimum Gasteiger partial charge on any atom is -0.377 e. The fourth-order valence-corrected chi connectivity index (χ4v) is 2.23. The van der Waals surface area contributed by atoms with Crippen molar-refractivity contribution < 1.29 is 9.53 Å². The summed E-state index contributed by atoms with van der Waals surface area (Å²) in [6.07, 6.45) is 2.29. The zero-order valence-electron chi connectivity index (χ0n) is 11.6. The van der Waals surface area contributed by atoms with Gasteiger partial charge < -0.3 is 15.0 Å². The number of likely N-dealkylation sites (N-methyl/N-ethyl adjacent to an activating group) is 1. The second-order valence-electron chi connectivity index (χ2n) is 5.49. The van der Waals surface area contributed by atoms with Crippen molar-refractivity contribution in [1.82, 2.24) is 10.2 Å². The van der Waals surface area contributed by atoms with Crippen LogP contribution < -0.4 is 5.32 Å². The lowest BCUT2D eigenvalue weighted by Crippen LogP contribution is -2.49. The van der Waals surface area contributed by atoms with E-state index in [1.54, 1.807) is 4.90 Å². The maximum absolute atomic E-state index is 12.3. The molecule has 1 heterocycles. The molecule has 0 saturated carbocycles. The lowest BCUT2D eigenvalue weighted by atomic mass is 9.81. The predicted octanol–water partition coefficient (Wildman–Crippen LogP) is 1.26. The number of carbonyl (C=O) groups excluding carboxylic acids is 1. The number of hydrogen-bond acceptors (Lipinski definition) is 3. The average Bonchev–Trinajstić information content (AvgIpc) is 2.28. The van der Waals surface area contributed by atoms with Crippen molar-refractivity contribution in [2.45, 2.75) is 39.7 Å². The fraction of sp³-hybridized carbons (Fsp3) is 0.923. The largest absolute Gasteiger partial charge is 0.377 e. The molecule has 0 aromatic heterocycles. The smallest absolute Gasteiger partial charge is 0.229 e. The molecule has 1 rings (SSSR count). The molecular formula is C13H26N2O2. The van der Waals surface area contributed by atoms with E-state index in [1.807, 2.05) is 20.9 Å². The van der Waals surface area contributed by atoms with Gasteiger partial charge in [0.1, 0.15) is 0 Å².